The van der Waals surface area contributed by atoms with Crippen molar-refractivity contribution in [3.63, 3.8) is 0 Å². The van der Waals surface area contributed by atoms with Gasteiger partial charge in [0.05, 0.1) is 5.75 Å². The first-order valence-electron chi connectivity index (χ1n) is 10.5. The third-order valence-corrected chi connectivity index (χ3v) is 6.03. The smallest absolute Gasteiger partial charge is 0.615 e. The number of aryl methyl sites for hydroxylation is 1. The van der Waals surface area contributed by atoms with Crippen LogP contribution in [0.2, 0.25) is 0 Å². The standard InChI is InChI=1S/C18H14O.C10H9NO.Al/c19-18-16(14-8-3-1-4-9-14)12-7-13-17(18)15-10-5-2-6-11-15;1-7-5-6-8-3-2-4-9(12)10(8)11-7;/h1-13,19H;2-6,12H,1H3;/q;;+2/p-2. The molecule has 4 heteroatoms. The average molecular weight is 430 g/mol. The second-order valence-electron chi connectivity index (χ2n) is 7.53. The number of para-hydroxylation sites is 2. The van der Waals surface area contributed by atoms with Crippen molar-refractivity contribution < 1.29 is 7.58 Å². The fourth-order valence-electron chi connectivity index (χ4n) is 3.79. The minimum absolute atomic E-state index is 0.750. The van der Waals surface area contributed by atoms with Crippen LogP contribution < -0.4 is 7.58 Å². The lowest BCUT2D eigenvalue weighted by atomic mass is 9.97. The van der Waals surface area contributed by atoms with E-state index in [4.69, 9.17) is 7.58 Å². The maximum Gasteiger partial charge on any atom is 0.881 e. The lowest BCUT2D eigenvalue weighted by molar-refractivity contribution is 0.463. The van der Waals surface area contributed by atoms with E-state index < -0.39 is 15.9 Å². The highest BCUT2D eigenvalue weighted by atomic mass is 27.2. The maximum absolute atomic E-state index is 6.39. The van der Waals surface area contributed by atoms with Gasteiger partial charge in [-0.15, -0.1) is 0 Å². The van der Waals surface area contributed by atoms with Crippen molar-refractivity contribution in [3.05, 3.63) is 115 Å². The third-order valence-electron chi connectivity index (χ3n) is 5.35. The molecule has 1 heterocycles. The molecule has 0 atom stereocenters. The van der Waals surface area contributed by atoms with Crippen molar-refractivity contribution in [1.29, 1.82) is 0 Å². The first-order chi connectivity index (χ1) is 15.8. The van der Waals surface area contributed by atoms with Gasteiger partial charge in [0.2, 0.25) is 0 Å². The van der Waals surface area contributed by atoms with Crippen molar-refractivity contribution in [2.45, 2.75) is 6.92 Å². The van der Waals surface area contributed by atoms with Crippen LogP contribution in [0.5, 0.6) is 11.5 Å². The summed E-state index contributed by atoms with van der Waals surface area (Å²) in [5, 5.41) is 1.06. The maximum atomic E-state index is 6.39. The van der Waals surface area contributed by atoms with Gasteiger partial charge in [-0.05, 0) is 30.2 Å². The normalized spacial score (nSPS) is 10.7. The van der Waals surface area contributed by atoms with Gasteiger partial charge in [0.15, 0.2) is 0 Å². The fraction of sp³-hybridized carbons (Fsp3) is 0.0357. The highest BCUT2D eigenvalue weighted by Crippen LogP contribution is 2.39. The third kappa shape index (κ3) is 4.25. The topological polar surface area (TPSA) is 31.4 Å². The Balaban J connectivity index is 1.50. The number of fused-ring (bicyclic) bond motifs is 1. The van der Waals surface area contributed by atoms with E-state index >= 15 is 0 Å². The van der Waals surface area contributed by atoms with Gasteiger partial charge in [0, 0.05) is 22.2 Å². The lowest BCUT2D eigenvalue weighted by Gasteiger charge is -2.18. The van der Waals surface area contributed by atoms with Gasteiger partial charge in [-0.3, -0.25) is 0 Å². The van der Waals surface area contributed by atoms with E-state index in [1.807, 2.05) is 67.6 Å². The Labute approximate surface area is 194 Å². The zero-order chi connectivity index (χ0) is 21.8. The summed E-state index contributed by atoms with van der Waals surface area (Å²) in [6, 6.07) is 37.0. The van der Waals surface area contributed by atoms with Crippen LogP contribution in [0, 0.1) is 6.92 Å². The second-order valence-corrected chi connectivity index (χ2v) is 8.19. The molecule has 32 heavy (non-hydrogen) atoms. The van der Waals surface area contributed by atoms with Crippen molar-refractivity contribution >= 4 is 26.8 Å². The number of benzene rings is 4. The molecule has 0 bridgehead atoms. The molecule has 4 aromatic carbocycles. The van der Waals surface area contributed by atoms with Crippen LogP contribution in [0.4, 0.5) is 0 Å². The van der Waals surface area contributed by atoms with E-state index in [0.717, 1.165) is 50.3 Å². The number of rotatable bonds is 6. The molecule has 5 aromatic rings. The summed E-state index contributed by atoms with van der Waals surface area (Å²) >= 11 is -0.794. The first kappa shape index (κ1) is 20.3. The summed E-state index contributed by atoms with van der Waals surface area (Å²) in [7, 11) is 0. The van der Waals surface area contributed by atoms with Gasteiger partial charge in [0.1, 0.15) is 11.3 Å². The summed E-state index contributed by atoms with van der Waals surface area (Å²) in [4.78, 5) is 4.66. The van der Waals surface area contributed by atoms with Crippen LogP contribution in [0.1, 0.15) is 5.69 Å². The first-order valence-corrected chi connectivity index (χ1v) is 11.5. The molecule has 3 nitrogen and oxygen atoms in total. The predicted molar refractivity (Wildman–Crippen MR) is 131 cm³/mol. The molecule has 0 saturated heterocycles. The SMILES string of the molecule is Cc1ccc2cccc([O][Al][O]c3c(-c4ccccc4)cccc3-c3ccccc3)c2n1. The molecule has 0 saturated carbocycles. The quantitative estimate of drug-likeness (QED) is 0.276. The number of pyridine rings is 1. The van der Waals surface area contributed by atoms with E-state index in [1.54, 1.807) is 0 Å². The van der Waals surface area contributed by atoms with Gasteiger partial charge in [0.25, 0.3) is 0 Å². The molecule has 0 aliphatic carbocycles. The molecule has 1 radical (unpaired) electrons. The molecule has 0 aliphatic heterocycles. The van der Waals surface area contributed by atoms with Crippen LogP contribution in [0.25, 0.3) is 33.2 Å². The van der Waals surface area contributed by atoms with Crippen LogP contribution in [-0.4, -0.2) is 20.9 Å². The highest BCUT2D eigenvalue weighted by molar-refractivity contribution is 6.22. The lowest BCUT2D eigenvalue weighted by Crippen LogP contribution is -2.12. The molecule has 0 spiro atoms. The predicted octanol–water partition coefficient (Wildman–Crippen LogP) is 6.87. The number of hydrogen-bond acceptors (Lipinski definition) is 3. The molecular weight excluding hydrogens is 409 g/mol. The molecule has 0 unspecified atom stereocenters. The van der Waals surface area contributed by atoms with Gasteiger partial charge >= 0.3 is 15.9 Å². The zero-order valence-electron chi connectivity index (χ0n) is 17.7. The van der Waals surface area contributed by atoms with E-state index in [-0.39, 0.29) is 0 Å². The molecule has 5 rings (SSSR count). The Morgan fingerprint density at radius 2 is 1.22 bits per heavy atom. The Hall–Kier alpha value is -3.58. The number of nitrogens with zero attached hydrogens (tertiary/aromatic N) is 1. The Morgan fingerprint density at radius 3 is 1.88 bits per heavy atom. The Bertz CT molecular complexity index is 1300. The van der Waals surface area contributed by atoms with Crippen molar-refractivity contribution in [3.8, 4) is 33.8 Å². The average Bonchev–Trinajstić information content (AvgIpc) is 2.85. The molecule has 0 fully saturated rings. The minimum Gasteiger partial charge on any atom is -0.615 e. The van der Waals surface area contributed by atoms with Crippen molar-refractivity contribution in [2.75, 3.05) is 0 Å². The van der Waals surface area contributed by atoms with Crippen molar-refractivity contribution in [1.82, 2.24) is 4.98 Å². The van der Waals surface area contributed by atoms with Crippen LogP contribution in [-0.2, 0) is 0 Å². The van der Waals surface area contributed by atoms with Gasteiger partial charge in [-0.1, -0.05) is 97.1 Å². The van der Waals surface area contributed by atoms with E-state index in [9.17, 15) is 0 Å². The number of aromatic nitrogens is 1. The number of hydrogen-bond donors (Lipinski definition) is 0. The van der Waals surface area contributed by atoms with Gasteiger partial charge in [-0.2, -0.15) is 0 Å². The molecular formula is C28H21AlNO2. The molecule has 153 valence electrons. The van der Waals surface area contributed by atoms with Crippen LogP contribution in [0.3, 0.4) is 0 Å². The van der Waals surface area contributed by atoms with Crippen LogP contribution in [0.15, 0.2) is 109 Å². The monoisotopic (exact) mass is 430 g/mol. The summed E-state index contributed by atoms with van der Waals surface area (Å²) in [6.07, 6.45) is 0. The zero-order valence-corrected chi connectivity index (χ0v) is 18.9. The summed E-state index contributed by atoms with van der Waals surface area (Å²) < 4.78 is 12.6. The van der Waals surface area contributed by atoms with Crippen LogP contribution >= 0.6 is 0 Å². The van der Waals surface area contributed by atoms with E-state index in [2.05, 4.69) is 53.5 Å². The second kappa shape index (κ2) is 9.28. The van der Waals surface area contributed by atoms with Gasteiger partial charge < -0.3 is 7.58 Å². The Morgan fingerprint density at radius 1 is 0.594 bits per heavy atom. The van der Waals surface area contributed by atoms with Crippen molar-refractivity contribution in [2.24, 2.45) is 0 Å². The summed E-state index contributed by atoms with van der Waals surface area (Å²) in [5.74, 6) is 1.59. The van der Waals surface area contributed by atoms with Gasteiger partial charge in [-0.25, -0.2) is 4.98 Å². The minimum atomic E-state index is -0.794. The summed E-state index contributed by atoms with van der Waals surface area (Å²) in [5.41, 5.74) is 6.16. The van der Waals surface area contributed by atoms with E-state index in [1.165, 1.54) is 0 Å². The molecule has 0 amide bonds. The molecule has 0 N–H and O–H groups in total. The molecule has 1 aromatic heterocycles. The largest absolute Gasteiger partial charge is 0.881 e. The molecule has 0 aliphatic rings. The summed E-state index contributed by atoms with van der Waals surface area (Å²) in [6.45, 7) is 1.99. The Kier molecular flexibility index (Phi) is 5.90. The highest BCUT2D eigenvalue weighted by Gasteiger charge is 2.17. The fourth-order valence-corrected chi connectivity index (χ4v) is 4.48. The van der Waals surface area contributed by atoms with E-state index in [0.29, 0.717) is 0 Å².